The Hall–Kier alpha value is -2.39. The number of hydrogen-bond donors (Lipinski definition) is 2. The first-order valence-electron chi connectivity index (χ1n) is 6.87. The van der Waals surface area contributed by atoms with Crippen molar-refractivity contribution in [1.29, 1.82) is 0 Å². The summed E-state index contributed by atoms with van der Waals surface area (Å²) in [5, 5.41) is 10.5. The van der Waals surface area contributed by atoms with Gasteiger partial charge in [0.1, 0.15) is 12.6 Å². The topological polar surface area (TPSA) is 69.6 Å². The van der Waals surface area contributed by atoms with Gasteiger partial charge < -0.3 is 15.3 Å². The van der Waals surface area contributed by atoms with E-state index in [2.05, 4.69) is 0 Å². The van der Waals surface area contributed by atoms with Crippen molar-refractivity contribution in [3.8, 4) is 0 Å². The number of nitrogens with one attached hydrogen (secondary N) is 1. The minimum absolute atomic E-state index is 0.202. The summed E-state index contributed by atoms with van der Waals surface area (Å²) in [6.45, 7) is -2.09. The van der Waals surface area contributed by atoms with Crippen molar-refractivity contribution in [2.24, 2.45) is 0 Å². The van der Waals surface area contributed by atoms with Crippen LogP contribution in [0.5, 0.6) is 0 Å². The Morgan fingerprint density at radius 1 is 1.33 bits per heavy atom. The zero-order chi connectivity index (χ0) is 18.1. The normalized spacial score (nSPS) is 21.7. The number of amides is 2. The number of piperidine rings is 1. The highest BCUT2D eigenvalue weighted by Crippen LogP contribution is 2.32. The zero-order valence-electron chi connectivity index (χ0n) is 12.1. The van der Waals surface area contributed by atoms with E-state index in [1.54, 1.807) is 0 Å². The number of carboxylic acid groups (broad SMARTS) is 1. The van der Waals surface area contributed by atoms with Crippen molar-refractivity contribution >= 4 is 12.0 Å². The third-order valence-electron chi connectivity index (χ3n) is 3.66. The van der Waals surface area contributed by atoms with E-state index in [0.717, 1.165) is 6.07 Å². The van der Waals surface area contributed by atoms with Gasteiger partial charge in [0.2, 0.25) is 5.91 Å². The Bertz CT molecular complexity index is 650. The maximum absolute atomic E-state index is 13.9. The summed E-state index contributed by atoms with van der Waals surface area (Å²) < 4.78 is 65.1. The third-order valence-corrected chi connectivity index (χ3v) is 3.66. The molecule has 10 heteroatoms. The molecule has 2 N–H and O–H groups in total. The fraction of sp³-hybridized carbons (Fsp3) is 0.429. The molecule has 0 unspecified atom stereocenters. The van der Waals surface area contributed by atoms with Gasteiger partial charge in [0.25, 0.3) is 0 Å². The smallest absolute Gasteiger partial charge is 0.406 e. The average molecular weight is 352 g/mol. The summed E-state index contributed by atoms with van der Waals surface area (Å²) in [4.78, 5) is 23.1. The summed E-state index contributed by atoms with van der Waals surface area (Å²) in [5.74, 6) is -4.42. The molecule has 2 rings (SSSR count). The highest BCUT2D eigenvalue weighted by molar-refractivity contribution is 5.86. The van der Waals surface area contributed by atoms with Crippen molar-refractivity contribution in [2.75, 3.05) is 13.1 Å². The molecule has 1 aromatic carbocycles. The van der Waals surface area contributed by atoms with E-state index in [9.17, 15) is 31.5 Å². The number of likely N-dealkylation sites (tertiary alicyclic amines) is 1. The molecule has 0 saturated carbocycles. The average Bonchev–Trinajstić information content (AvgIpc) is 2.44. The predicted molar refractivity (Wildman–Crippen MR) is 71.3 cm³/mol. The van der Waals surface area contributed by atoms with Gasteiger partial charge in [-0.3, -0.25) is 4.79 Å². The van der Waals surface area contributed by atoms with Crippen LogP contribution in [0, 0.1) is 11.6 Å². The fourth-order valence-corrected chi connectivity index (χ4v) is 2.73. The molecule has 0 bridgehead atoms. The Kier molecular flexibility index (Phi) is 4.95. The molecule has 1 fully saturated rings. The van der Waals surface area contributed by atoms with Crippen LogP contribution in [-0.2, 0) is 4.79 Å². The highest BCUT2D eigenvalue weighted by atomic mass is 19.4. The molecule has 2 atom stereocenters. The highest BCUT2D eigenvalue weighted by Gasteiger charge is 2.42. The number of alkyl halides is 3. The molecular formula is C14H13F5N2O3. The first kappa shape index (κ1) is 18.0. The molecular weight excluding hydrogens is 339 g/mol. The fourth-order valence-electron chi connectivity index (χ4n) is 2.73. The summed E-state index contributed by atoms with van der Waals surface area (Å²) in [6, 6.07) is 1.78. The largest absolute Gasteiger partial charge is 0.465 e. The second-order valence-corrected chi connectivity index (χ2v) is 5.41. The Morgan fingerprint density at radius 2 is 2.00 bits per heavy atom. The lowest BCUT2D eigenvalue weighted by Crippen LogP contribution is -2.56. The minimum atomic E-state index is -4.70. The summed E-state index contributed by atoms with van der Waals surface area (Å²) in [7, 11) is 0. The van der Waals surface area contributed by atoms with E-state index >= 15 is 0 Å². The number of rotatable bonds is 3. The molecule has 24 heavy (non-hydrogen) atoms. The van der Waals surface area contributed by atoms with E-state index in [1.165, 1.54) is 12.1 Å². The SMILES string of the molecule is O=C(O)N[C@H]1C[C@@H](c2cccc(F)c2F)CN(CC(F)(F)F)C1=O. The van der Waals surface area contributed by atoms with E-state index in [4.69, 9.17) is 5.11 Å². The first-order chi connectivity index (χ1) is 11.1. The Labute approximate surface area is 133 Å². The van der Waals surface area contributed by atoms with Gasteiger partial charge in [0.05, 0.1) is 0 Å². The van der Waals surface area contributed by atoms with Crippen molar-refractivity contribution < 1.29 is 36.6 Å². The molecule has 132 valence electrons. The lowest BCUT2D eigenvalue weighted by Gasteiger charge is -2.37. The van der Waals surface area contributed by atoms with Crippen LogP contribution in [0.25, 0.3) is 0 Å². The molecule has 0 radical (unpaired) electrons. The standard InChI is InChI=1S/C14H13F5N2O3/c15-9-3-1-2-8(11(9)16)7-4-10(20-13(23)24)12(22)21(5-7)6-14(17,18)19/h1-3,7,10,20H,4-6H2,(H,23,24)/t7-,10+/m1/s1. The Morgan fingerprint density at radius 3 is 2.58 bits per heavy atom. The van der Waals surface area contributed by atoms with Gasteiger partial charge in [0.15, 0.2) is 11.6 Å². The maximum atomic E-state index is 13.9. The van der Waals surface area contributed by atoms with Crippen LogP contribution in [0.2, 0.25) is 0 Å². The van der Waals surface area contributed by atoms with Crippen LogP contribution in [0.3, 0.4) is 0 Å². The number of carbonyl (C=O) groups excluding carboxylic acids is 1. The van der Waals surface area contributed by atoms with Crippen LogP contribution in [0.1, 0.15) is 17.9 Å². The van der Waals surface area contributed by atoms with Crippen LogP contribution < -0.4 is 5.32 Å². The van der Waals surface area contributed by atoms with Crippen molar-refractivity contribution in [1.82, 2.24) is 10.2 Å². The summed E-state index contributed by atoms with van der Waals surface area (Å²) in [5.41, 5.74) is -0.202. The van der Waals surface area contributed by atoms with Crippen LogP contribution in [0.4, 0.5) is 26.7 Å². The second kappa shape index (κ2) is 6.62. The van der Waals surface area contributed by atoms with Gasteiger partial charge in [0, 0.05) is 12.5 Å². The molecule has 0 aliphatic carbocycles. The molecule has 0 aromatic heterocycles. The summed E-state index contributed by atoms with van der Waals surface area (Å²) >= 11 is 0. The number of benzene rings is 1. The van der Waals surface area contributed by atoms with Crippen LogP contribution in [-0.4, -0.2) is 47.3 Å². The maximum Gasteiger partial charge on any atom is 0.406 e. The van der Waals surface area contributed by atoms with E-state index in [0.29, 0.717) is 4.90 Å². The lowest BCUT2D eigenvalue weighted by molar-refractivity contribution is -0.165. The number of halogens is 5. The monoisotopic (exact) mass is 352 g/mol. The molecule has 1 aliphatic rings. The molecule has 1 aliphatic heterocycles. The van der Waals surface area contributed by atoms with Crippen molar-refractivity contribution in [3.63, 3.8) is 0 Å². The number of hydrogen-bond acceptors (Lipinski definition) is 2. The third kappa shape index (κ3) is 4.12. The van der Waals surface area contributed by atoms with E-state index in [-0.39, 0.29) is 12.0 Å². The first-order valence-corrected chi connectivity index (χ1v) is 6.87. The van der Waals surface area contributed by atoms with Crippen LogP contribution >= 0.6 is 0 Å². The summed E-state index contributed by atoms with van der Waals surface area (Å²) in [6.07, 6.45) is -6.56. The Balaban J connectivity index is 2.33. The second-order valence-electron chi connectivity index (χ2n) is 5.41. The van der Waals surface area contributed by atoms with Gasteiger partial charge in [-0.25, -0.2) is 13.6 Å². The van der Waals surface area contributed by atoms with Gasteiger partial charge in [-0.1, -0.05) is 12.1 Å². The molecule has 1 saturated heterocycles. The van der Waals surface area contributed by atoms with Gasteiger partial charge >= 0.3 is 12.3 Å². The van der Waals surface area contributed by atoms with Gasteiger partial charge in [-0.05, 0) is 18.1 Å². The molecule has 1 heterocycles. The molecule has 1 aromatic rings. The van der Waals surface area contributed by atoms with Gasteiger partial charge in [-0.2, -0.15) is 13.2 Å². The van der Waals surface area contributed by atoms with Crippen molar-refractivity contribution in [2.45, 2.75) is 24.6 Å². The molecule has 0 spiro atoms. The molecule has 2 amide bonds. The van der Waals surface area contributed by atoms with Crippen LogP contribution in [0.15, 0.2) is 18.2 Å². The number of carbonyl (C=O) groups is 2. The number of nitrogens with zero attached hydrogens (tertiary/aromatic N) is 1. The quantitative estimate of drug-likeness (QED) is 0.821. The van der Waals surface area contributed by atoms with E-state index in [1.807, 2.05) is 5.32 Å². The van der Waals surface area contributed by atoms with E-state index < -0.39 is 54.9 Å². The molecule has 5 nitrogen and oxygen atoms in total. The zero-order valence-corrected chi connectivity index (χ0v) is 12.1. The minimum Gasteiger partial charge on any atom is -0.465 e. The predicted octanol–water partition coefficient (Wildman–Crippen LogP) is 2.48. The lowest BCUT2D eigenvalue weighted by atomic mass is 9.87. The van der Waals surface area contributed by atoms with Crippen molar-refractivity contribution in [3.05, 3.63) is 35.4 Å². The van der Waals surface area contributed by atoms with Gasteiger partial charge in [-0.15, -0.1) is 0 Å².